The molecule has 264 valence electrons. The van der Waals surface area contributed by atoms with Gasteiger partial charge in [-0.3, -0.25) is 0 Å². The van der Waals surface area contributed by atoms with Gasteiger partial charge in [-0.15, -0.1) is 13.2 Å². The lowest BCUT2D eigenvalue weighted by molar-refractivity contribution is -0.432. The first kappa shape index (κ1) is 37.0. The molecule has 0 aliphatic carbocycles. The van der Waals surface area contributed by atoms with Gasteiger partial charge in [0.1, 0.15) is 51.7 Å². The van der Waals surface area contributed by atoms with Crippen LogP contribution in [0.3, 0.4) is 0 Å². The van der Waals surface area contributed by atoms with Crippen molar-refractivity contribution < 1.29 is 85.2 Å². The van der Waals surface area contributed by atoms with Gasteiger partial charge in [0.15, 0.2) is 6.29 Å². The SMILES string of the molecule is CCCC1COC(c2ccc(C(F)(F)Oc3cc(F)c(C(F)(F)Oc4cc(F)c(C(F)(F)OC(F)(F)F)c(F)c4)c(F)c3)c(F)c2)OC1. The van der Waals surface area contributed by atoms with E-state index in [0.717, 1.165) is 18.9 Å². The largest absolute Gasteiger partial charge is 0.527 e. The van der Waals surface area contributed by atoms with Gasteiger partial charge in [0.25, 0.3) is 0 Å². The van der Waals surface area contributed by atoms with Crippen molar-refractivity contribution in [2.75, 3.05) is 13.2 Å². The van der Waals surface area contributed by atoms with Crippen LogP contribution in [0.25, 0.3) is 0 Å². The summed E-state index contributed by atoms with van der Waals surface area (Å²) in [5.74, 6) is -14.6. The van der Waals surface area contributed by atoms with Crippen LogP contribution in [0.15, 0.2) is 42.5 Å². The van der Waals surface area contributed by atoms with E-state index < -0.39 is 100 Å². The van der Waals surface area contributed by atoms with Crippen molar-refractivity contribution >= 4 is 0 Å². The van der Waals surface area contributed by atoms with E-state index in [1.54, 1.807) is 0 Å². The Kier molecular flexibility index (Phi) is 10.5. The highest BCUT2D eigenvalue weighted by Crippen LogP contribution is 2.43. The van der Waals surface area contributed by atoms with E-state index in [4.69, 9.17) is 9.47 Å². The number of ether oxygens (including phenoxy) is 5. The highest BCUT2D eigenvalue weighted by Gasteiger charge is 2.50. The lowest BCUT2D eigenvalue weighted by Crippen LogP contribution is -2.30. The van der Waals surface area contributed by atoms with Crippen LogP contribution in [0, 0.1) is 35.0 Å². The number of hydrogen-bond donors (Lipinski definition) is 0. The number of alkyl halides is 9. The maximum absolute atomic E-state index is 14.8. The van der Waals surface area contributed by atoms with Crippen molar-refractivity contribution in [2.45, 2.75) is 50.7 Å². The predicted octanol–water partition coefficient (Wildman–Crippen LogP) is 9.69. The van der Waals surface area contributed by atoms with Crippen LogP contribution in [0.2, 0.25) is 0 Å². The van der Waals surface area contributed by atoms with Gasteiger partial charge >= 0.3 is 24.7 Å². The van der Waals surface area contributed by atoms with E-state index in [2.05, 4.69) is 14.2 Å². The van der Waals surface area contributed by atoms with Crippen LogP contribution < -0.4 is 9.47 Å². The van der Waals surface area contributed by atoms with Crippen molar-refractivity contribution in [3.8, 4) is 11.5 Å². The van der Waals surface area contributed by atoms with Gasteiger partial charge in [-0.1, -0.05) is 19.4 Å². The molecular weight excluding hydrogens is 694 g/mol. The van der Waals surface area contributed by atoms with E-state index in [0.29, 0.717) is 12.1 Å². The second-order valence-electron chi connectivity index (χ2n) is 10.2. The highest BCUT2D eigenvalue weighted by molar-refractivity contribution is 5.37. The van der Waals surface area contributed by atoms with Gasteiger partial charge in [0.05, 0.1) is 18.8 Å². The molecule has 0 bridgehead atoms. The molecular formula is C29H20F14O5. The van der Waals surface area contributed by atoms with Crippen molar-refractivity contribution in [2.24, 2.45) is 5.92 Å². The first-order valence-electron chi connectivity index (χ1n) is 13.4. The van der Waals surface area contributed by atoms with Crippen LogP contribution in [0.1, 0.15) is 48.3 Å². The van der Waals surface area contributed by atoms with Gasteiger partial charge in [-0.2, -0.15) is 26.3 Å². The third-order valence-electron chi connectivity index (χ3n) is 6.59. The summed E-state index contributed by atoms with van der Waals surface area (Å²) in [6.07, 6.45) is -21.1. The second kappa shape index (κ2) is 13.6. The summed E-state index contributed by atoms with van der Waals surface area (Å²) in [5, 5.41) is 0. The first-order valence-corrected chi connectivity index (χ1v) is 13.4. The van der Waals surface area contributed by atoms with Crippen LogP contribution in [-0.2, 0) is 32.5 Å². The standard InChI is InChI=1S/C29H20F14O5/c1-2-3-13-11-44-25(45-12-13)14-4-5-17(18(30)6-14)26(35,36)46-15-7-19(31)23(20(32)8-15)27(37,38)47-16-9-21(33)24(22(34)10-16)28(39,40)48-29(41,42)43/h4-10,13,25H,2-3,11-12H2,1H3. The zero-order valence-electron chi connectivity index (χ0n) is 23.9. The Morgan fingerprint density at radius 2 is 1.08 bits per heavy atom. The Hall–Kier alpha value is -3.84. The van der Waals surface area contributed by atoms with Gasteiger partial charge in [0, 0.05) is 35.7 Å². The number of rotatable bonds is 11. The minimum atomic E-state index is -6.10. The Bertz CT molecular complexity index is 1570. The third kappa shape index (κ3) is 8.41. The van der Waals surface area contributed by atoms with Crippen LogP contribution in [0.5, 0.6) is 11.5 Å². The molecule has 1 saturated heterocycles. The summed E-state index contributed by atoms with van der Waals surface area (Å²) < 4.78 is 216. The summed E-state index contributed by atoms with van der Waals surface area (Å²) in [7, 11) is 0. The van der Waals surface area contributed by atoms with Crippen LogP contribution >= 0.6 is 0 Å². The van der Waals surface area contributed by atoms with E-state index in [-0.39, 0.29) is 36.8 Å². The Labute approximate surface area is 260 Å². The van der Waals surface area contributed by atoms with E-state index in [1.165, 1.54) is 0 Å². The van der Waals surface area contributed by atoms with Crippen molar-refractivity contribution in [1.29, 1.82) is 0 Å². The predicted molar refractivity (Wildman–Crippen MR) is 132 cm³/mol. The average Bonchev–Trinajstić information content (AvgIpc) is 2.90. The van der Waals surface area contributed by atoms with Crippen molar-refractivity contribution in [1.82, 2.24) is 0 Å². The van der Waals surface area contributed by atoms with Gasteiger partial charge in [-0.05, 0) is 18.6 Å². The fourth-order valence-corrected chi connectivity index (χ4v) is 4.60. The molecule has 4 rings (SSSR count). The molecule has 0 aromatic heterocycles. The zero-order chi connectivity index (χ0) is 35.8. The Morgan fingerprint density at radius 1 is 0.625 bits per heavy atom. The summed E-state index contributed by atoms with van der Waals surface area (Å²) in [6, 6.07) is 0.866. The molecule has 48 heavy (non-hydrogen) atoms. The molecule has 0 radical (unpaired) electrons. The molecule has 19 heteroatoms. The van der Waals surface area contributed by atoms with Crippen molar-refractivity contribution in [3.63, 3.8) is 0 Å². The zero-order valence-corrected chi connectivity index (χ0v) is 23.9. The summed E-state index contributed by atoms with van der Waals surface area (Å²) in [6.45, 7) is 2.47. The summed E-state index contributed by atoms with van der Waals surface area (Å²) in [4.78, 5) is 0. The smallest absolute Gasteiger partial charge is 0.429 e. The van der Waals surface area contributed by atoms with Crippen molar-refractivity contribution in [3.05, 3.63) is 93.8 Å². The van der Waals surface area contributed by atoms with Gasteiger partial charge in [0.2, 0.25) is 0 Å². The lowest BCUT2D eigenvalue weighted by atomic mass is 10.0. The summed E-state index contributed by atoms with van der Waals surface area (Å²) in [5.41, 5.74) is -6.46. The normalized spacial score (nSPS) is 17.8. The number of halogens is 14. The van der Waals surface area contributed by atoms with E-state index in [9.17, 15) is 61.5 Å². The molecule has 1 heterocycles. The van der Waals surface area contributed by atoms with E-state index >= 15 is 0 Å². The fraction of sp³-hybridized carbons (Fsp3) is 0.379. The maximum atomic E-state index is 14.8. The molecule has 1 aliphatic rings. The molecule has 1 fully saturated rings. The molecule has 0 spiro atoms. The molecule has 1 aliphatic heterocycles. The monoisotopic (exact) mass is 714 g/mol. The molecule has 0 saturated carbocycles. The molecule has 0 N–H and O–H groups in total. The molecule has 3 aromatic rings. The minimum absolute atomic E-state index is 0.0171. The molecule has 5 nitrogen and oxygen atoms in total. The second-order valence-corrected chi connectivity index (χ2v) is 10.2. The molecule has 0 atom stereocenters. The average molecular weight is 714 g/mol. The Morgan fingerprint density at radius 3 is 1.52 bits per heavy atom. The third-order valence-corrected chi connectivity index (χ3v) is 6.59. The number of hydrogen-bond acceptors (Lipinski definition) is 5. The van der Waals surface area contributed by atoms with Crippen LogP contribution in [-0.4, -0.2) is 19.6 Å². The van der Waals surface area contributed by atoms with Gasteiger partial charge in [-0.25, -0.2) is 26.7 Å². The van der Waals surface area contributed by atoms with E-state index in [1.807, 2.05) is 6.92 Å². The molecule has 3 aromatic carbocycles. The number of benzene rings is 3. The molecule has 0 unspecified atom stereocenters. The highest BCUT2D eigenvalue weighted by atomic mass is 19.4. The quantitative estimate of drug-likeness (QED) is 0.185. The lowest BCUT2D eigenvalue weighted by Gasteiger charge is -2.29. The van der Waals surface area contributed by atoms with Gasteiger partial charge < -0.3 is 18.9 Å². The first-order chi connectivity index (χ1) is 22.1. The minimum Gasteiger partial charge on any atom is -0.429 e. The molecule has 0 amide bonds. The topological polar surface area (TPSA) is 46.2 Å². The fourth-order valence-electron chi connectivity index (χ4n) is 4.60. The Balaban J connectivity index is 1.52. The summed E-state index contributed by atoms with van der Waals surface area (Å²) >= 11 is 0. The maximum Gasteiger partial charge on any atom is 0.527 e. The van der Waals surface area contributed by atoms with Crippen LogP contribution in [0.4, 0.5) is 61.5 Å².